The fourth-order valence-electron chi connectivity index (χ4n) is 5.27. The van der Waals surface area contributed by atoms with Crippen LogP contribution in [0.25, 0.3) is 11.3 Å². The molecular formula is C35H51N5O5S. The maximum atomic E-state index is 13.4. The summed E-state index contributed by atoms with van der Waals surface area (Å²) in [6, 6.07) is 13.5. The molecule has 46 heavy (non-hydrogen) atoms. The van der Waals surface area contributed by atoms with Crippen molar-refractivity contribution in [1.82, 2.24) is 20.0 Å². The van der Waals surface area contributed by atoms with Gasteiger partial charge in [-0.05, 0) is 69.7 Å². The Bertz CT molecular complexity index is 1510. The number of aromatic nitrogens is 2. The Hall–Kier alpha value is -3.38. The quantitative estimate of drug-likeness (QED) is 0.114. The second-order valence-electron chi connectivity index (χ2n) is 12.4. The van der Waals surface area contributed by atoms with E-state index in [1.807, 2.05) is 45.9 Å². The highest BCUT2D eigenvalue weighted by Gasteiger charge is 2.24. The van der Waals surface area contributed by atoms with Crippen LogP contribution in [0, 0.1) is 19.8 Å². The van der Waals surface area contributed by atoms with E-state index >= 15 is 0 Å². The molecule has 10 nitrogen and oxygen atoms in total. The molecule has 11 heteroatoms. The first-order valence-electron chi connectivity index (χ1n) is 16.1. The van der Waals surface area contributed by atoms with Crippen LogP contribution >= 0.6 is 0 Å². The third kappa shape index (κ3) is 10.9. The maximum Gasteiger partial charge on any atom is 0.264 e. The Morgan fingerprint density at radius 3 is 2.30 bits per heavy atom. The Morgan fingerprint density at radius 2 is 1.67 bits per heavy atom. The fourth-order valence-corrected chi connectivity index (χ4v) is 6.27. The molecule has 252 valence electrons. The van der Waals surface area contributed by atoms with Crippen LogP contribution in [0.1, 0.15) is 75.4 Å². The third-order valence-electron chi connectivity index (χ3n) is 7.68. The molecule has 0 aliphatic heterocycles. The molecule has 0 unspecified atom stereocenters. The summed E-state index contributed by atoms with van der Waals surface area (Å²) >= 11 is 0. The van der Waals surface area contributed by atoms with E-state index in [0.717, 1.165) is 49.0 Å². The zero-order valence-corrected chi connectivity index (χ0v) is 29.4. The molecule has 0 saturated carbocycles. The Morgan fingerprint density at radius 1 is 0.978 bits per heavy atom. The molecule has 1 heterocycles. The van der Waals surface area contributed by atoms with Gasteiger partial charge < -0.3 is 9.47 Å². The van der Waals surface area contributed by atoms with E-state index in [1.54, 1.807) is 12.1 Å². The van der Waals surface area contributed by atoms with Crippen LogP contribution in [-0.4, -0.2) is 80.2 Å². The topological polar surface area (TPSA) is 114 Å². The lowest BCUT2D eigenvalue weighted by molar-refractivity contribution is -0.0749. The smallest absolute Gasteiger partial charge is 0.264 e. The summed E-state index contributed by atoms with van der Waals surface area (Å²) in [4.78, 5) is 20.4. The van der Waals surface area contributed by atoms with Crippen LogP contribution in [0.3, 0.4) is 0 Å². The minimum absolute atomic E-state index is 0.0285. The lowest BCUT2D eigenvalue weighted by Crippen LogP contribution is -2.50. The number of nitrogens with one attached hydrogen (secondary N) is 1. The van der Waals surface area contributed by atoms with Crippen molar-refractivity contribution in [2.24, 2.45) is 5.92 Å². The van der Waals surface area contributed by atoms with Gasteiger partial charge in [0, 0.05) is 37.3 Å². The van der Waals surface area contributed by atoms with Crippen molar-refractivity contribution in [1.29, 1.82) is 0 Å². The van der Waals surface area contributed by atoms with Crippen LogP contribution in [0.2, 0.25) is 0 Å². The van der Waals surface area contributed by atoms with Gasteiger partial charge in [0.2, 0.25) is 11.8 Å². The van der Waals surface area contributed by atoms with Crippen LogP contribution in [0.5, 0.6) is 5.88 Å². The van der Waals surface area contributed by atoms with Gasteiger partial charge >= 0.3 is 0 Å². The molecule has 0 bridgehead atoms. The molecule has 3 aromatic rings. The largest absolute Gasteiger partial charge is 0.476 e. The number of rotatable bonds is 19. The lowest BCUT2D eigenvalue weighted by atomic mass is 10.00. The Labute approximate surface area is 275 Å². The average molecular weight is 654 g/mol. The molecule has 3 rings (SSSR count). The predicted molar refractivity (Wildman–Crippen MR) is 184 cm³/mol. The van der Waals surface area contributed by atoms with Gasteiger partial charge in [0.1, 0.15) is 12.9 Å². The van der Waals surface area contributed by atoms with E-state index in [2.05, 4.69) is 52.5 Å². The van der Waals surface area contributed by atoms with Gasteiger partial charge in [0.25, 0.3) is 10.0 Å². The van der Waals surface area contributed by atoms with Gasteiger partial charge in [-0.15, -0.1) is 0 Å². The van der Waals surface area contributed by atoms with Gasteiger partial charge in [0.05, 0.1) is 29.3 Å². The molecule has 0 aliphatic carbocycles. The average Bonchev–Trinajstić information content (AvgIpc) is 3.00. The standard InChI is InChI=1S/C35H51N5O5S/c1-9-10-17-40(18-19-44-26(4)5)39(8)30(20-25(2)3)24-45-33-22-32(34-27(6)13-11-14-28(34)7)36-35(37-33)38-46(42,43)31-16-12-15-29(21-31)23-41/h11-16,21-23,25-26,30H,9-10,17-20,24H2,1-8H3,(H,36,37,38)/t30-/m1/s1. The first-order valence-corrected chi connectivity index (χ1v) is 17.6. The monoisotopic (exact) mass is 653 g/mol. The number of aryl methyl sites for hydroxylation is 2. The third-order valence-corrected chi connectivity index (χ3v) is 9.01. The van der Waals surface area contributed by atoms with E-state index in [-0.39, 0.29) is 34.4 Å². The van der Waals surface area contributed by atoms with Gasteiger partial charge in [-0.25, -0.2) is 28.1 Å². The van der Waals surface area contributed by atoms with Gasteiger partial charge in [-0.1, -0.05) is 57.5 Å². The highest BCUT2D eigenvalue weighted by Crippen LogP contribution is 2.30. The summed E-state index contributed by atoms with van der Waals surface area (Å²) in [5.74, 6) is 0.560. The number of carbonyl (C=O) groups is 1. The summed E-state index contributed by atoms with van der Waals surface area (Å²) in [5.41, 5.74) is 3.66. The molecule has 2 aromatic carbocycles. The molecule has 1 atom stereocenters. The molecule has 0 saturated heterocycles. The van der Waals surface area contributed by atoms with Crippen molar-refractivity contribution in [3.05, 3.63) is 65.2 Å². The molecule has 0 fully saturated rings. The highest BCUT2D eigenvalue weighted by molar-refractivity contribution is 7.92. The van der Waals surface area contributed by atoms with E-state index in [4.69, 9.17) is 9.47 Å². The second-order valence-corrected chi connectivity index (χ2v) is 14.1. The Kier molecular flexibility index (Phi) is 14.1. The second kappa shape index (κ2) is 17.5. The number of hydrogen-bond donors (Lipinski definition) is 1. The molecule has 0 spiro atoms. The summed E-state index contributed by atoms with van der Waals surface area (Å²) in [5, 5.41) is 4.59. The zero-order chi connectivity index (χ0) is 33.9. The minimum atomic E-state index is -4.09. The van der Waals surface area contributed by atoms with Gasteiger partial charge in [0.15, 0.2) is 0 Å². The van der Waals surface area contributed by atoms with Crippen LogP contribution in [0.4, 0.5) is 5.95 Å². The number of benzene rings is 2. The highest BCUT2D eigenvalue weighted by atomic mass is 32.2. The Balaban J connectivity index is 1.97. The van der Waals surface area contributed by atoms with Gasteiger partial charge in [-0.3, -0.25) is 4.79 Å². The number of hydrazine groups is 1. The van der Waals surface area contributed by atoms with Crippen LogP contribution < -0.4 is 9.46 Å². The molecule has 0 amide bonds. The van der Waals surface area contributed by atoms with Crippen molar-refractivity contribution in [2.45, 2.75) is 84.8 Å². The summed E-state index contributed by atoms with van der Waals surface area (Å²) < 4.78 is 41.5. The number of likely N-dealkylation sites (N-methyl/N-ethyl adjacent to an activating group) is 1. The molecule has 0 aliphatic rings. The zero-order valence-electron chi connectivity index (χ0n) is 28.6. The minimum Gasteiger partial charge on any atom is -0.476 e. The molecular weight excluding hydrogens is 602 g/mol. The number of hydrogen-bond acceptors (Lipinski definition) is 9. The first-order chi connectivity index (χ1) is 21.8. The maximum absolute atomic E-state index is 13.4. The van der Waals surface area contributed by atoms with Crippen LogP contribution in [-0.2, 0) is 14.8 Å². The van der Waals surface area contributed by atoms with E-state index in [1.165, 1.54) is 18.2 Å². The fraction of sp³-hybridized carbons (Fsp3) is 0.514. The lowest BCUT2D eigenvalue weighted by Gasteiger charge is -2.38. The molecule has 1 N–H and O–H groups in total. The number of nitrogens with zero attached hydrogens (tertiary/aromatic N) is 4. The summed E-state index contributed by atoms with van der Waals surface area (Å²) in [7, 11) is -2.00. The summed E-state index contributed by atoms with van der Waals surface area (Å²) in [6.07, 6.45) is 3.80. The van der Waals surface area contributed by atoms with Gasteiger partial charge in [-0.2, -0.15) is 4.98 Å². The van der Waals surface area contributed by atoms with E-state index in [0.29, 0.717) is 31.1 Å². The molecule has 0 radical (unpaired) electrons. The van der Waals surface area contributed by atoms with Crippen molar-refractivity contribution in [2.75, 3.05) is 38.1 Å². The number of carbonyl (C=O) groups excluding carboxylic acids is 1. The van der Waals surface area contributed by atoms with Crippen molar-refractivity contribution >= 4 is 22.3 Å². The van der Waals surface area contributed by atoms with E-state index in [9.17, 15) is 13.2 Å². The van der Waals surface area contributed by atoms with Crippen molar-refractivity contribution < 1.29 is 22.7 Å². The number of aldehydes is 1. The normalized spacial score (nSPS) is 12.7. The molecule has 1 aromatic heterocycles. The number of ether oxygens (including phenoxy) is 2. The number of anilines is 1. The number of sulfonamides is 1. The first kappa shape index (κ1) is 37.1. The SMILES string of the molecule is CCCCN(CCOC(C)C)N(C)[C@@H](COc1cc(-c2c(C)cccc2C)nc(NS(=O)(=O)c2cccc(C=O)c2)n1)CC(C)C. The van der Waals surface area contributed by atoms with Crippen molar-refractivity contribution in [3.63, 3.8) is 0 Å². The predicted octanol–water partition coefficient (Wildman–Crippen LogP) is 6.54. The van der Waals surface area contributed by atoms with Crippen molar-refractivity contribution in [3.8, 4) is 17.1 Å². The summed E-state index contributed by atoms with van der Waals surface area (Å²) in [6.45, 7) is 17.3. The van der Waals surface area contributed by atoms with Crippen LogP contribution in [0.15, 0.2) is 53.4 Å². The number of unbranched alkanes of at least 4 members (excludes halogenated alkanes) is 1. The van der Waals surface area contributed by atoms with E-state index < -0.39 is 10.0 Å².